The van der Waals surface area contributed by atoms with Gasteiger partial charge in [0.1, 0.15) is 5.75 Å². The smallest absolute Gasteiger partial charge is 0.172 e. The molecule has 1 aliphatic heterocycles. The van der Waals surface area contributed by atoms with Crippen LogP contribution in [0.1, 0.15) is 37.6 Å². The van der Waals surface area contributed by atoms with Crippen LogP contribution in [-0.2, 0) is 4.74 Å². The van der Waals surface area contributed by atoms with Crippen molar-refractivity contribution in [2.45, 2.75) is 39.4 Å². The van der Waals surface area contributed by atoms with Crippen LogP contribution in [0.4, 0.5) is 0 Å². The van der Waals surface area contributed by atoms with Gasteiger partial charge in [0.05, 0.1) is 23.7 Å². The van der Waals surface area contributed by atoms with Crippen LogP contribution in [0.2, 0.25) is 0 Å². The van der Waals surface area contributed by atoms with Crippen LogP contribution in [-0.4, -0.2) is 24.6 Å². The Bertz CT molecular complexity index is 426. The van der Waals surface area contributed by atoms with E-state index in [4.69, 9.17) is 9.47 Å². The summed E-state index contributed by atoms with van der Waals surface area (Å²) in [6.45, 7) is 6.55. The molecule has 2 atom stereocenters. The van der Waals surface area contributed by atoms with Crippen LogP contribution in [0, 0.1) is 5.92 Å². The van der Waals surface area contributed by atoms with Crippen molar-refractivity contribution in [3.05, 3.63) is 29.8 Å². The van der Waals surface area contributed by atoms with E-state index in [-0.39, 0.29) is 23.9 Å². The van der Waals surface area contributed by atoms with Gasteiger partial charge >= 0.3 is 0 Å². The first-order valence-electron chi connectivity index (χ1n) is 6.51. The Morgan fingerprint density at radius 3 is 2.72 bits per heavy atom. The third-order valence-corrected chi connectivity index (χ3v) is 3.23. The summed E-state index contributed by atoms with van der Waals surface area (Å²) in [6, 6.07) is 7.46. The lowest BCUT2D eigenvalue weighted by molar-refractivity contribution is 0.0760. The number of carbonyl (C=O) groups excluding carboxylic acids is 1. The van der Waals surface area contributed by atoms with E-state index in [1.807, 2.05) is 45.0 Å². The molecule has 0 bridgehead atoms. The highest BCUT2D eigenvalue weighted by molar-refractivity contribution is 6.00. The van der Waals surface area contributed by atoms with Gasteiger partial charge in [-0.2, -0.15) is 0 Å². The molecular formula is C15H20O3. The number of para-hydroxylation sites is 1. The molecule has 2 unspecified atom stereocenters. The number of ketones is 1. The summed E-state index contributed by atoms with van der Waals surface area (Å²) in [5.41, 5.74) is 0.675. The Labute approximate surface area is 108 Å². The van der Waals surface area contributed by atoms with Crippen molar-refractivity contribution in [2.75, 3.05) is 6.61 Å². The molecule has 0 spiro atoms. The van der Waals surface area contributed by atoms with E-state index in [1.54, 1.807) is 0 Å². The first-order valence-corrected chi connectivity index (χ1v) is 6.51. The fraction of sp³-hybridized carbons (Fsp3) is 0.533. The van der Waals surface area contributed by atoms with E-state index in [9.17, 15) is 4.79 Å². The maximum Gasteiger partial charge on any atom is 0.172 e. The lowest BCUT2D eigenvalue weighted by atomic mass is 9.92. The average Bonchev–Trinajstić information content (AvgIpc) is 2.74. The van der Waals surface area contributed by atoms with Gasteiger partial charge in [0.15, 0.2) is 5.78 Å². The minimum atomic E-state index is -0.0399. The lowest BCUT2D eigenvalue weighted by Gasteiger charge is -2.17. The summed E-state index contributed by atoms with van der Waals surface area (Å²) < 4.78 is 11.2. The molecule has 1 aliphatic rings. The maximum absolute atomic E-state index is 12.5. The van der Waals surface area contributed by atoms with Crippen LogP contribution in [0.5, 0.6) is 5.75 Å². The van der Waals surface area contributed by atoms with Gasteiger partial charge < -0.3 is 9.47 Å². The fourth-order valence-electron chi connectivity index (χ4n) is 2.30. The topological polar surface area (TPSA) is 35.5 Å². The molecule has 3 heteroatoms. The highest BCUT2D eigenvalue weighted by Crippen LogP contribution is 2.29. The van der Waals surface area contributed by atoms with Gasteiger partial charge in [-0.3, -0.25) is 4.79 Å². The van der Waals surface area contributed by atoms with Gasteiger partial charge in [0.2, 0.25) is 0 Å². The van der Waals surface area contributed by atoms with Crippen molar-refractivity contribution in [1.82, 2.24) is 0 Å². The van der Waals surface area contributed by atoms with Gasteiger partial charge in [0, 0.05) is 6.61 Å². The monoisotopic (exact) mass is 248 g/mol. The van der Waals surface area contributed by atoms with Crippen molar-refractivity contribution >= 4 is 5.78 Å². The Balaban J connectivity index is 2.24. The molecule has 0 radical (unpaired) electrons. The maximum atomic E-state index is 12.5. The number of hydrogen-bond acceptors (Lipinski definition) is 3. The van der Waals surface area contributed by atoms with Gasteiger partial charge in [-0.1, -0.05) is 12.1 Å². The van der Waals surface area contributed by atoms with Gasteiger partial charge in [-0.15, -0.1) is 0 Å². The van der Waals surface area contributed by atoms with Gasteiger partial charge in [-0.05, 0) is 39.3 Å². The molecular weight excluding hydrogens is 228 g/mol. The zero-order chi connectivity index (χ0) is 13.1. The van der Waals surface area contributed by atoms with E-state index in [1.165, 1.54) is 0 Å². The summed E-state index contributed by atoms with van der Waals surface area (Å²) >= 11 is 0. The quantitative estimate of drug-likeness (QED) is 0.768. The zero-order valence-corrected chi connectivity index (χ0v) is 11.2. The molecule has 0 aromatic heterocycles. The summed E-state index contributed by atoms with van der Waals surface area (Å²) in [4.78, 5) is 12.5. The second-order valence-electron chi connectivity index (χ2n) is 5.00. The predicted molar refractivity (Wildman–Crippen MR) is 70.1 cm³/mol. The molecule has 1 aromatic carbocycles. The molecule has 0 aliphatic carbocycles. The number of carbonyl (C=O) groups is 1. The Hall–Kier alpha value is -1.35. The molecule has 18 heavy (non-hydrogen) atoms. The predicted octanol–water partition coefficient (Wildman–Crippen LogP) is 3.08. The normalized spacial score (nSPS) is 23.3. The zero-order valence-electron chi connectivity index (χ0n) is 11.2. The minimum Gasteiger partial charge on any atom is -0.490 e. The van der Waals surface area contributed by atoms with E-state index < -0.39 is 0 Å². The van der Waals surface area contributed by atoms with Crippen molar-refractivity contribution in [3.8, 4) is 5.75 Å². The SMILES string of the molecule is CC(C)Oc1ccccc1C(=O)C1CCOC1C. The van der Waals surface area contributed by atoms with Crippen LogP contribution in [0.3, 0.4) is 0 Å². The van der Waals surface area contributed by atoms with Crippen molar-refractivity contribution in [1.29, 1.82) is 0 Å². The molecule has 1 fully saturated rings. The van der Waals surface area contributed by atoms with E-state index >= 15 is 0 Å². The first-order chi connectivity index (χ1) is 8.59. The highest BCUT2D eigenvalue weighted by Gasteiger charge is 2.32. The van der Waals surface area contributed by atoms with Gasteiger partial charge in [0.25, 0.3) is 0 Å². The average molecular weight is 248 g/mol. The molecule has 0 saturated carbocycles. The fourth-order valence-corrected chi connectivity index (χ4v) is 2.30. The van der Waals surface area contributed by atoms with Gasteiger partial charge in [-0.25, -0.2) is 0 Å². The summed E-state index contributed by atoms with van der Waals surface area (Å²) in [5.74, 6) is 0.773. The standard InChI is InChI=1S/C15H20O3/c1-10(2)18-14-7-5-4-6-13(14)15(16)12-8-9-17-11(12)3/h4-7,10-12H,8-9H2,1-3H3. The highest BCUT2D eigenvalue weighted by atomic mass is 16.5. The molecule has 1 heterocycles. The van der Waals surface area contributed by atoms with E-state index in [0.29, 0.717) is 17.9 Å². The molecule has 0 amide bonds. The van der Waals surface area contributed by atoms with Crippen LogP contribution >= 0.6 is 0 Å². The Kier molecular flexibility index (Phi) is 4.02. The summed E-state index contributed by atoms with van der Waals surface area (Å²) in [6.07, 6.45) is 0.872. The number of hydrogen-bond donors (Lipinski definition) is 0. The van der Waals surface area contributed by atoms with Crippen LogP contribution in [0.15, 0.2) is 24.3 Å². The summed E-state index contributed by atoms with van der Waals surface area (Å²) in [7, 11) is 0. The van der Waals surface area contributed by atoms with Crippen molar-refractivity contribution in [2.24, 2.45) is 5.92 Å². The third-order valence-electron chi connectivity index (χ3n) is 3.23. The number of Topliss-reactive ketones (excluding diaryl/α,β-unsaturated/α-hetero) is 1. The summed E-state index contributed by atoms with van der Waals surface area (Å²) in [5, 5.41) is 0. The molecule has 1 aromatic rings. The minimum absolute atomic E-state index is 0.00426. The Morgan fingerprint density at radius 2 is 2.11 bits per heavy atom. The van der Waals surface area contributed by atoms with E-state index in [0.717, 1.165) is 6.42 Å². The molecule has 2 rings (SSSR count). The molecule has 98 valence electrons. The van der Waals surface area contributed by atoms with Crippen LogP contribution in [0.25, 0.3) is 0 Å². The lowest BCUT2D eigenvalue weighted by Crippen LogP contribution is -2.22. The second kappa shape index (κ2) is 5.53. The van der Waals surface area contributed by atoms with Crippen molar-refractivity contribution < 1.29 is 14.3 Å². The third kappa shape index (κ3) is 2.72. The number of benzene rings is 1. The second-order valence-corrected chi connectivity index (χ2v) is 5.00. The molecule has 1 saturated heterocycles. The Morgan fingerprint density at radius 1 is 1.39 bits per heavy atom. The molecule has 0 N–H and O–H groups in total. The first kappa shape index (κ1) is 13.1. The van der Waals surface area contributed by atoms with Crippen LogP contribution < -0.4 is 4.74 Å². The van der Waals surface area contributed by atoms with Crippen molar-refractivity contribution in [3.63, 3.8) is 0 Å². The molecule has 3 nitrogen and oxygen atoms in total. The van der Waals surface area contributed by atoms with E-state index in [2.05, 4.69) is 0 Å². The number of rotatable bonds is 4. The number of ether oxygens (including phenoxy) is 2. The largest absolute Gasteiger partial charge is 0.490 e.